The molecule has 1 heterocycles. The van der Waals surface area contributed by atoms with Gasteiger partial charge in [0.15, 0.2) is 9.84 Å². The monoisotopic (exact) mass is 501 g/mol. The van der Waals surface area contributed by atoms with Crippen LogP contribution in [0.3, 0.4) is 0 Å². The Morgan fingerprint density at radius 1 is 1.47 bits per heavy atom. The molecule has 0 bridgehead atoms. The predicted molar refractivity (Wildman–Crippen MR) is 107 cm³/mol. The average molecular weight is 502 g/mol. The summed E-state index contributed by atoms with van der Waals surface area (Å²) in [5, 5.41) is 21.3. The minimum absolute atomic E-state index is 0.0144. The Bertz CT molecular complexity index is 1090. The highest BCUT2D eigenvalue weighted by Crippen LogP contribution is 2.29. The molecule has 2 rings (SSSR count). The van der Waals surface area contributed by atoms with Crippen LogP contribution in [-0.2, 0) is 19.4 Å². The van der Waals surface area contributed by atoms with Crippen LogP contribution in [0.25, 0.3) is 0 Å². The lowest BCUT2D eigenvalue weighted by Crippen LogP contribution is -2.50. The van der Waals surface area contributed by atoms with Crippen LogP contribution < -0.4 is 10.6 Å². The van der Waals surface area contributed by atoms with Crippen LogP contribution >= 0.6 is 15.9 Å². The van der Waals surface area contributed by atoms with Crippen LogP contribution in [0.15, 0.2) is 39.2 Å². The number of allylic oxidation sites excluding steroid dienone is 1. The second-order valence-electron chi connectivity index (χ2n) is 5.92. The van der Waals surface area contributed by atoms with E-state index in [9.17, 15) is 23.3 Å². The number of ether oxygens (including phenoxy) is 2. The van der Waals surface area contributed by atoms with Crippen molar-refractivity contribution in [3.63, 3.8) is 0 Å². The third kappa shape index (κ3) is 5.32. The number of nitriles is 1. The van der Waals surface area contributed by atoms with Crippen LogP contribution in [-0.4, -0.2) is 48.4 Å². The number of nitrogens with two attached hydrogens (primary N) is 1. The van der Waals surface area contributed by atoms with Gasteiger partial charge in [-0.2, -0.15) is 5.26 Å². The first-order valence-corrected chi connectivity index (χ1v) is 10.9. The molecular formula is C16H16BrN5O7S. The van der Waals surface area contributed by atoms with Gasteiger partial charge in [0, 0.05) is 10.7 Å². The maximum Gasteiger partial charge on any atom is 0.352 e. The van der Waals surface area contributed by atoms with Gasteiger partial charge in [-0.05, 0) is 25.1 Å². The van der Waals surface area contributed by atoms with Crippen molar-refractivity contribution < 1.29 is 27.6 Å². The third-order valence-corrected chi connectivity index (χ3v) is 5.17. The van der Waals surface area contributed by atoms with E-state index in [2.05, 4.69) is 20.9 Å². The number of hydrogen-bond donors (Lipinski definition) is 1. The number of hydrogen-bond acceptors (Lipinski definition) is 11. The zero-order valence-corrected chi connectivity index (χ0v) is 18.1. The number of benzene rings is 1. The second kappa shape index (κ2) is 9.20. The summed E-state index contributed by atoms with van der Waals surface area (Å²) >= 11 is 3.18. The van der Waals surface area contributed by atoms with Crippen molar-refractivity contribution in [2.24, 2.45) is 10.8 Å². The molecule has 14 heteroatoms. The van der Waals surface area contributed by atoms with E-state index in [4.69, 9.17) is 20.6 Å². The van der Waals surface area contributed by atoms with Crippen LogP contribution in [0.2, 0.25) is 0 Å². The molecule has 160 valence electrons. The number of rotatable bonds is 7. The number of sulfone groups is 1. The van der Waals surface area contributed by atoms with Crippen molar-refractivity contribution in [1.29, 1.82) is 5.26 Å². The minimum Gasteiger partial charge on any atom is -0.466 e. The van der Waals surface area contributed by atoms with Crippen molar-refractivity contribution in [1.82, 2.24) is 5.01 Å². The van der Waals surface area contributed by atoms with E-state index in [0.29, 0.717) is 9.48 Å². The summed E-state index contributed by atoms with van der Waals surface area (Å²) in [5.74, 6) is 4.27. The zero-order valence-electron chi connectivity index (χ0n) is 15.7. The highest BCUT2D eigenvalue weighted by molar-refractivity contribution is 9.10. The second-order valence-corrected chi connectivity index (χ2v) is 8.92. The zero-order chi connectivity index (χ0) is 22.6. The quantitative estimate of drug-likeness (QED) is 0.245. The normalized spacial score (nSPS) is 16.6. The van der Waals surface area contributed by atoms with Crippen molar-refractivity contribution in [3.05, 3.63) is 49.9 Å². The number of aliphatic imine (C=N–C) groups is 1. The molecule has 1 aromatic rings. The van der Waals surface area contributed by atoms with Gasteiger partial charge in [-0.15, -0.1) is 0 Å². The molecule has 1 atom stereocenters. The summed E-state index contributed by atoms with van der Waals surface area (Å²) in [7, 11) is -3.99. The molecule has 0 fully saturated rings. The standard InChI is InChI=1S/C16H16BrN5O7S/c1-3-28-13(23)7-12-14(22(24)25)15(21(19)16(20-12)30(2,26)27)29-11-5-9(8-18)4-10(17)6-11/h4-6,16H,3,7,19H2,1-2H3. The van der Waals surface area contributed by atoms with Gasteiger partial charge in [0.05, 0.1) is 29.6 Å². The molecule has 0 aliphatic carbocycles. The summed E-state index contributed by atoms with van der Waals surface area (Å²) in [5.41, 5.74) is -2.88. The van der Waals surface area contributed by atoms with Crippen molar-refractivity contribution in [3.8, 4) is 11.8 Å². The number of hydrazine groups is 1. The Labute approximate surface area is 179 Å². The lowest BCUT2D eigenvalue weighted by molar-refractivity contribution is -0.419. The molecule has 1 aromatic carbocycles. The van der Waals surface area contributed by atoms with Gasteiger partial charge in [0.1, 0.15) is 11.5 Å². The molecule has 12 nitrogen and oxygen atoms in total. The summed E-state index contributed by atoms with van der Waals surface area (Å²) in [6.45, 7) is 1.56. The Balaban J connectivity index is 2.65. The fourth-order valence-corrected chi connectivity index (χ4v) is 3.76. The number of esters is 1. The topological polar surface area (TPSA) is 178 Å². The Hall–Kier alpha value is -3.02. The van der Waals surface area contributed by atoms with E-state index in [-0.39, 0.29) is 17.9 Å². The summed E-state index contributed by atoms with van der Waals surface area (Å²) < 4.78 is 35.0. The third-order valence-electron chi connectivity index (χ3n) is 3.61. The molecule has 30 heavy (non-hydrogen) atoms. The molecule has 2 N–H and O–H groups in total. The van der Waals surface area contributed by atoms with Gasteiger partial charge >= 0.3 is 11.7 Å². The molecule has 1 aliphatic rings. The van der Waals surface area contributed by atoms with Crippen LogP contribution in [0.4, 0.5) is 0 Å². The van der Waals surface area contributed by atoms with Gasteiger partial charge in [-0.3, -0.25) is 14.9 Å². The van der Waals surface area contributed by atoms with E-state index >= 15 is 0 Å². The Morgan fingerprint density at radius 2 is 2.13 bits per heavy atom. The van der Waals surface area contributed by atoms with E-state index in [1.807, 2.05) is 6.07 Å². The highest BCUT2D eigenvalue weighted by atomic mass is 79.9. The highest BCUT2D eigenvalue weighted by Gasteiger charge is 2.43. The lowest BCUT2D eigenvalue weighted by atomic mass is 10.2. The Kier molecular flexibility index (Phi) is 7.13. The molecule has 0 spiro atoms. The number of nitrogens with zero attached hydrogens (tertiary/aromatic N) is 4. The van der Waals surface area contributed by atoms with Gasteiger partial charge in [0.2, 0.25) is 5.50 Å². The number of carbonyl (C=O) groups excluding carboxylic acids is 1. The maximum absolute atomic E-state index is 12.1. The lowest BCUT2D eigenvalue weighted by Gasteiger charge is -2.29. The van der Waals surface area contributed by atoms with Crippen LogP contribution in [0.1, 0.15) is 18.9 Å². The number of nitro groups is 1. The van der Waals surface area contributed by atoms with Gasteiger partial charge in [0.25, 0.3) is 5.88 Å². The van der Waals surface area contributed by atoms with Gasteiger partial charge in [-0.1, -0.05) is 15.9 Å². The molecule has 0 aromatic heterocycles. The molecule has 0 radical (unpaired) electrons. The summed E-state index contributed by atoms with van der Waals surface area (Å²) in [6, 6.07) is 6.03. The molecule has 1 aliphatic heterocycles. The smallest absolute Gasteiger partial charge is 0.352 e. The first kappa shape index (κ1) is 23.3. The maximum atomic E-state index is 12.1. The van der Waals surface area contributed by atoms with Crippen LogP contribution in [0, 0.1) is 21.4 Å². The average Bonchev–Trinajstić information content (AvgIpc) is 2.62. The number of carbonyl (C=O) groups is 1. The summed E-state index contributed by atoms with van der Waals surface area (Å²) in [4.78, 5) is 26.5. The van der Waals surface area contributed by atoms with Gasteiger partial charge in [-0.25, -0.2) is 24.3 Å². The van der Waals surface area contributed by atoms with E-state index < -0.39 is 49.9 Å². The van der Waals surface area contributed by atoms with Crippen LogP contribution in [0.5, 0.6) is 5.75 Å². The Morgan fingerprint density at radius 3 is 2.67 bits per heavy atom. The van der Waals surface area contributed by atoms with E-state index in [1.165, 1.54) is 18.2 Å². The fourth-order valence-electron chi connectivity index (χ4n) is 2.47. The molecule has 0 saturated carbocycles. The van der Waals surface area contributed by atoms with E-state index in [0.717, 1.165) is 6.26 Å². The summed E-state index contributed by atoms with van der Waals surface area (Å²) in [6.07, 6.45) is 0.156. The van der Waals surface area contributed by atoms with Gasteiger partial charge < -0.3 is 9.47 Å². The largest absolute Gasteiger partial charge is 0.466 e. The molecule has 1 unspecified atom stereocenters. The van der Waals surface area contributed by atoms with Crippen molar-refractivity contribution in [2.75, 3.05) is 12.9 Å². The van der Waals surface area contributed by atoms with E-state index in [1.54, 1.807) is 6.92 Å². The minimum atomic E-state index is -3.99. The number of halogens is 1. The molecule has 0 amide bonds. The first-order chi connectivity index (χ1) is 14.0. The van der Waals surface area contributed by atoms with Crippen molar-refractivity contribution in [2.45, 2.75) is 18.8 Å². The van der Waals surface area contributed by atoms with Crippen molar-refractivity contribution >= 4 is 37.4 Å². The predicted octanol–water partition coefficient (Wildman–Crippen LogP) is 1.06. The first-order valence-electron chi connectivity index (χ1n) is 8.20. The molecular weight excluding hydrogens is 486 g/mol. The fraction of sp³-hybridized carbons (Fsp3) is 0.312. The molecule has 0 saturated heterocycles. The SMILES string of the molecule is CCOC(=O)CC1=NC(S(C)(=O)=O)N(N)C(Oc2cc(Br)cc(C#N)c2)=C1[N+](=O)[O-].